The fourth-order valence-electron chi connectivity index (χ4n) is 4.70. The molecule has 1 unspecified atom stereocenters. The molecule has 2 heterocycles. The van der Waals surface area contributed by atoms with Crippen molar-refractivity contribution in [1.29, 1.82) is 0 Å². The minimum Gasteiger partial charge on any atom is -0.444 e. The van der Waals surface area contributed by atoms with Crippen molar-refractivity contribution in [1.82, 2.24) is 14.7 Å². The van der Waals surface area contributed by atoms with Crippen molar-refractivity contribution >= 4 is 22.8 Å². The van der Waals surface area contributed by atoms with Crippen LogP contribution in [-0.2, 0) is 16.0 Å². The van der Waals surface area contributed by atoms with Crippen LogP contribution in [0.3, 0.4) is 0 Å². The van der Waals surface area contributed by atoms with Crippen molar-refractivity contribution in [3.8, 4) is 0 Å². The summed E-state index contributed by atoms with van der Waals surface area (Å²) >= 11 is 0. The molecule has 1 aromatic carbocycles. The normalized spacial score (nSPS) is 18.1. The molecule has 7 heteroatoms. The van der Waals surface area contributed by atoms with Gasteiger partial charge in [0.2, 0.25) is 0 Å². The second-order valence-electron chi connectivity index (χ2n) is 11.5. The third kappa shape index (κ3) is 7.06. The van der Waals surface area contributed by atoms with E-state index in [1.807, 2.05) is 44.5 Å². The van der Waals surface area contributed by atoms with Crippen LogP contribution in [-0.4, -0.2) is 58.0 Å². The lowest BCUT2D eigenvalue weighted by atomic mass is 9.97. The number of carbonyl (C=O) groups excluding carboxylic acids is 2. The van der Waals surface area contributed by atoms with Crippen molar-refractivity contribution in [2.75, 3.05) is 19.7 Å². The van der Waals surface area contributed by atoms with Crippen molar-refractivity contribution in [3.05, 3.63) is 29.5 Å². The van der Waals surface area contributed by atoms with Gasteiger partial charge in [0.1, 0.15) is 5.60 Å². The van der Waals surface area contributed by atoms with Gasteiger partial charge < -0.3 is 14.4 Å². The maximum absolute atomic E-state index is 12.9. The molecule has 2 aromatic rings. The first kappa shape index (κ1) is 25.7. The minimum absolute atomic E-state index is 0.119. The quantitative estimate of drug-likeness (QED) is 0.423. The van der Waals surface area contributed by atoms with E-state index in [0.29, 0.717) is 25.4 Å². The van der Waals surface area contributed by atoms with Gasteiger partial charge in [0, 0.05) is 49.8 Å². The summed E-state index contributed by atoms with van der Waals surface area (Å²) in [7, 11) is 0. The number of nitrogens with zero attached hydrogens (tertiary/aromatic N) is 3. The van der Waals surface area contributed by atoms with E-state index in [-0.39, 0.29) is 18.0 Å². The van der Waals surface area contributed by atoms with E-state index >= 15 is 0 Å². The van der Waals surface area contributed by atoms with Crippen LogP contribution in [0.4, 0.5) is 4.79 Å². The van der Waals surface area contributed by atoms with Gasteiger partial charge in [-0.15, -0.1) is 0 Å². The van der Waals surface area contributed by atoms with Crippen LogP contribution in [0.5, 0.6) is 0 Å². The first-order valence-electron chi connectivity index (χ1n) is 13.2. The molecule has 1 amide bonds. The largest absolute Gasteiger partial charge is 0.444 e. The number of rotatable bonds is 9. The Hall–Kier alpha value is -2.41. The molecule has 7 nitrogen and oxygen atoms in total. The van der Waals surface area contributed by atoms with Crippen LogP contribution in [0, 0.1) is 18.8 Å². The highest BCUT2D eigenvalue weighted by Gasteiger charge is 2.27. The maximum Gasteiger partial charge on any atom is 0.410 e. The predicted octanol–water partition coefficient (Wildman–Crippen LogP) is 5.77. The molecule has 0 bridgehead atoms. The zero-order valence-corrected chi connectivity index (χ0v) is 22.0. The van der Waals surface area contributed by atoms with Gasteiger partial charge in [-0.1, -0.05) is 0 Å². The molecular formula is C28H41N3O4. The highest BCUT2D eigenvalue weighted by Crippen LogP contribution is 2.30. The number of aromatic nitrogens is 2. The highest BCUT2D eigenvalue weighted by atomic mass is 16.6. The lowest BCUT2D eigenvalue weighted by molar-refractivity contribution is 0.0177. The Labute approximate surface area is 209 Å². The molecule has 0 radical (unpaired) electrons. The average Bonchev–Trinajstić information content (AvgIpc) is 3.54. The maximum atomic E-state index is 12.9. The number of piperidine rings is 1. The summed E-state index contributed by atoms with van der Waals surface area (Å²) in [5, 5.41) is 5.81. The minimum atomic E-state index is -0.469. The summed E-state index contributed by atoms with van der Waals surface area (Å²) in [5.74, 6) is 1.38. The number of ether oxygens (including phenoxy) is 2. The number of likely N-dealkylation sites (tertiary alicyclic amines) is 1. The van der Waals surface area contributed by atoms with E-state index in [1.165, 1.54) is 12.8 Å². The van der Waals surface area contributed by atoms with E-state index in [0.717, 1.165) is 60.4 Å². The van der Waals surface area contributed by atoms with E-state index < -0.39 is 5.60 Å². The number of hydrogen-bond donors (Lipinski definition) is 0. The predicted molar refractivity (Wildman–Crippen MR) is 137 cm³/mol. The Morgan fingerprint density at radius 1 is 1.11 bits per heavy atom. The molecule has 1 atom stereocenters. The highest BCUT2D eigenvalue weighted by molar-refractivity contribution is 6.01. The fourth-order valence-corrected chi connectivity index (χ4v) is 4.70. The molecule has 35 heavy (non-hydrogen) atoms. The van der Waals surface area contributed by atoms with E-state index in [9.17, 15) is 9.59 Å². The fraction of sp³-hybridized carbons (Fsp3) is 0.679. The standard InChI is InChI=1S/C28H41N3O4/c1-19(34-18-22-7-8-22)6-11-26(32)23-9-10-25-24(20(23)2)17-31(29-25)16-21-12-14-30(15-13-21)27(33)35-28(3,4)5/h9-10,17,19,21-22H,6-8,11-16,18H2,1-5H3. The van der Waals surface area contributed by atoms with Crippen LogP contribution < -0.4 is 0 Å². The smallest absolute Gasteiger partial charge is 0.410 e. The molecule has 0 spiro atoms. The average molecular weight is 484 g/mol. The Bertz CT molecular complexity index is 1040. The Morgan fingerprint density at radius 2 is 1.83 bits per heavy atom. The molecule has 1 aliphatic carbocycles. The molecule has 1 saturated heterocycles. The van der Waals surface area contributed by atoms with Gasteiger partial charge in [0.15, 0.2) is 5.78 Å². The van der Waals surface area contributed by atoms with Gasteiger partial charge in [0.05, 0.1) is 11.6 Å². The zero-order chi connectivity index (χ0) is 25.2. The van der Waals surface area contributed by atoms with Gasteiger partial charge in [-0.2, -0.15) is 5.10 Å². The van der Waals surface area contributed by atoms with Gasteiger partial charge in [0.25, 0.3) is 0 Å². The molecule has 1 aromatic heterocycles. The zero-order valence-electron chi connectivity index (χ0n) is 22.0. The van der Waals surface area contributed by atoms with Crippen molar-refractivity contribution in [2.45, 2.75) is 91.4 Å². The summed E-state index contributed by atoms with van der Waals surface area (Å²) in [4.78, 5) is 27.1. The summed E-state index contributed by atoms with van der Waals surface area (Å²) in [5.41, 5.74) is 2.25. The molecule has 2 aliphatic rings. The Morgan fingerprint density at radius 3 is 2.49 bits per heavy atom. The number of hydrogen-bond acceptors (Lipinski definition) is 5. The molecule has 0 N–H and O–H groups in total. The lowest BCUT2D eigenvalue weighted by Gasteiger charge is -2.33. The van der Waals surface area contributed by atoms with Crippen LogP contribution in [0.15, 0.2) is 18.3 Å². The molecule has 4 rings (SSSR count). The molecule has 192 valence electrons. The van der Waals surface area contributed by atoms with Crippen molar-refractivity contribution in [3.63, 3.8) is 0 Å². The van der Waals surface area contributed by atoms with Crippen LogP contribution in [0.1, 0.15) is 82.1 Å². The lowest BCUT2D eigenvalue weighted by Crippen LogP contribution is -2.42. The Kier molecular flexibility index (Phi) is 7.84. The summed E-state index contributed by atoms with van der Waals surface area (Å²) < 4.78 is 13.4. The van der Waals surface area contributed by atoms with E-state index in [2.05, 4.69) is 13.1 Å². The number of fused-ring (bicyclic) bond motifs is 1. The Balaban J connectivity index is 1.31. The number of carbonyl (C=O) groups is 2. The number of benzene rings is 1. The van der Waals surface area contributed by atoms with Gasteiger partial charge >= 0.3 is 6.09 Å². The van der Waals surface area contributed by atoms with Crippen LogP contribution in [0.25, 0.3) is 10.9 Å². The topological polar surface area (TPSA) is 73.7 Å². The van der Waals surface area contributed by atoms with E-state index in [4.69, 9.17) is 14.6 Å². The van der Waals surface area contributed by atoms with Crippen LogP contribution in [0.2, 0.25) is 0 Å². The third-order valence-corrected chi connectivity index (χ3v) is 7.11. The number of Topliss-reactive ketones (excluding diaryl/α,β-unsaturated/α-hetero) is 1. The molecular weight excluding hydrogens is 442 g/mol. The second kappa shape index (κ2) is 10.7. The molecule has 1 aliphatic heterocycles. The first-order chi connectivity index (χ1) is 16.6. The number of aryl methyl sites for hydroxylation is 1. The first-order valence-corrected chi connectivity index (χ1v) is 13.2. The summed E-state index contributed by atoms with van der Waals surface area (Å²) in [6.07, 6.45) is 7.65. The van der Waals surface area contributed by atoms with E-state index in [1.54, 1.807) is 4.90 Å². The summed E-state index contributed by atoms with van der Waals surface area (Å²) in [6, 6.07) is 3.89. The number of amides is 1. The SMILES string of the molecule is Cc1c(C(=O)CCC(C)OCC2CC2)ccc2nn(CC3CCN(C(=O)OC(C)(C)C)CC3)cc12. The monoisotopic (exact) mass is 483 g/mol. The van der Waals surface area contributed by atoms with Crippen molar-refractivity contribution in [2.24, 2.45) is 11.8 Å². The van der Waals surface area contributed by atoms with Gasteiger partial charge in [-0.05, 0) is 96.3 Å². The van der Waals surface area contributed by atoms with Crippen LogP contribution >= 0.6 is 0 Å². The van der Waals surface area contributed by atoms with Gasteiger partial charge in [-0.3, -0.25) is 9.48 Å². The van der Waals surface area contributed by atoms with Gasteiger partial charge in [-0.25, -0.2) is 4.79 Å². The third-order valence-electron chi connectivity index (χ3n) is 7.11. The molecule has 1 saturated carbocycles. The molecule has 2 fully saturated rings. The second-order valence-corrected chi connectivity index (χ2v) is 11.5. The number of ketones is 1. The van der Waals surface area contributed by atoms with Crippen molar-refractivity contribution < 1.29 is 19.1 Å². The summed E-state index contributed by atoms with van der Waals surface area (Å²) in [6.45, 7) is 12.8.